The molecule has 0 saturated carbocycles. The largest absolute Gasteiger partial charge is 0.480 e. The van der Waals surface area contributed by atoms with Crippen molar-refractivity contribution < 1.29 is 24.0 Å². The van der Waals surface area contributed by atoms with Crippen LogP contribution in [0, 0.1) is 15.9 Å². The summed E-state index contributed by atoms with van der Waals surface area (Å²) in [6, 6.07) is 8.77. The maximum atomic E-state index is 13.1. The van der Waals surface area contributed by atoms with Gasteiger partial charge in [0, 0.05) is 35.8 Å². The number of carboxylic acid groups (broad SMARTS) is 1. The van der Waals surface area contributed by atoms with Crippen molar-refractivity contribution in [1.82, 2.24) is 14.9 Å². The lowest BCUT2D eigenvalue weighted by Crippen LogP contribution is -2.30. The molecule has 0 bridgehead atoms. The molecule has 11 nitrogen and oxygen atoms in total. The molecule has 0 fully saturated rings. The van der Waals surface area contributed by atoms with Crippen LogP contribution in [0.15, 0.2) is 53.5 Å². The maximum Gasteiger partial charge on any atom is 0.323 e. The van der Waals surface area contributed by atoms with Gasteiger partial charge in [0.15, 0.2) is 5.82 Å². The summed E-state index contributed by atoms with van der Waals surface area (Å²) in [5, 5.41) is 26.3. The summed E-state index contributed by atoms with van der Waals surface area (Å²) >= 11 is 0. The number of nitro groups is 1. The van der Waals surface area contributed by atoms with E-state index in [-0.39, 0.29) is 35.2 Å². The smallest absolute Gasteiger partial charge is 0.323 e. The minimum atomic E-state index is -1.31. The Balaban J connectivity index is 2.04. The third-order valence-electron chi connectivity index (χ3n) is 4.83. The molecule has 1 amide bonds. The van der Waals surface area contributed by atoms with Crippen LogP contribution in [-0.4, -0.2) is 37.5 Å². The highest BCUT2D eigenvalue weighted by Gasteiger charge is 2.20. The number of amides is 1. The minimum absolute atomic E-state index is 0.0111. The number of hydrogen-bond acceptors (Lipinski definition) is 7. The van der Waals surface area contributed by atoms with Gasteiger partial charge >= 0.3 is 5.97 Å². The van der Waals surface area contributed by atoms with Crippen LogP contribution >= 0.6 is 0 Å². The van der Waals surface area contributed by atoms with Crippen molar-refractivity contribution in [2.75, 3.05) is 5.32 Å². The fourth-order valence-electron chi connectivity index (χ4n) is 3.27. The second-order valence-electron chi connectivity index (χ2n) is 7.91. The SMILES string of the molecule is CC(C)Nc1ncc(-c2cc(C(=O)NCc3ccc(F)cc3)cc([N+](=O)[O-])c2)n(CC(=O)O)c1=O. The number of rotatable bonds is 9. The lowest BCUT2D eigenvalue weighted by atomic mass is 10.1. The van der Waals surface area contributed by atoms with E-state index in [1.165, 1.54) is 36.5 Å². The molecule has 2 aromatic carbocycles. The molecule has 0 spiro atoms. The number of anilines is 1. The molecule has 0 atom stereocenters. The zero-order valence-electron chi connectivity index (χ0n) is 18.8. The number of aliphatic carboxylic acids is 1. The first-order valence-electron chi connectivity index (χ1n) is 10.5. The van der Waals surface area contributed by atoms with Crippen molar-refractivity contribution in [3.05, 3.63) is 86.1 Å². The van der Waals surface area contributed by atoms with E-state index in [0.717, 1.165) is 16.7 Å². The molecule has 3 N–H and O–H groups in total. The van der Waals surface area contributed by atoms with Gasteiger partial charge in [-0.25, -0.2) is 9.37 Å². The molecule has 35 heavy (non-hydrogen) atoms. The van der Waals surface area contributed by atoms with Gasteiger partial charge in [-0.2, -0.15) is 0 Å². The van der Waals surface area contributed by atoms with Crippen molar-refractivity contribution >= 4 is 23.4 Å². The van der Waals surface area contributed by atoms with Gasteiger partial charge in [-0.1, -0.05) is 12.1 Å². The monoisotopic (exact) mass is 483 g/mol. The summed E-state index contributed by atoms with van der Waals surface area (Å²) in [7, 11) is 0. The first-order chi connectivity index (χ1) is 16.5. The van der Waals surface area contributed by atoms with Crippen molar-refractivity contribution in [3.63, 3.8) is 0 Å². The van der Waals surface area contributed by atoms with Crippen LogP contribution in [0.5, 0.6) is 0 Å². The van der Waals surface area contributed by atoms with Crippen LogP contribution in [0.25, 0.3) is 11.3 Å². The van der Waals surface area contributed by atoms with E-state index in [9.17, 15) is 34.0 Å². The molecule has 0 aliphatic carbocycles. The summed E-state index contributed by atoms with van der Waals surface area (Å²) in [6.45, 7) is 2.86. The number of hydrogen-bond donors (Lipinski definition) is 3. The predicted molar refractivity (Wildman–Crippen MR) is 125 cm³/mol. The van der Waals surface area contributed by atoms with E-state index >= 15 is 0 Å². The lowest BCUT2D eigenvalue weighted by molar-refractivity contribution is -0.384. The number of benzene rings is 2. The van der Waals surface area contributed by atoms with Crippen LogP contribution < -0.4 is 16.2 Å². The molecule has 3 rings (SSSR count). The third-order valence-corrected chi connectivity index (χ3v) is 4.83. The highest BCUT2D eigenvalue weighted by molar-refractivity contribution is 5.96. The Morgan fingerprint density at radius 2 is 1.89 bits per heavy atom. The Bertz CT molecular complexity index is 1340. The summed E-state index contributed by atoms with van der Waals surface area (Å²) < 4.78 is 14.0. The molecule has 1 heterocycles. The number of non-ortho nitro benzene ring substituents is 1. The predicted octanol–water partition coefficient (Wildman–Crippen LogP) is 2.79. The average Bonchev–Trinajstić information content (AvgIpc) is 2.80. The van der Waals surface area contributed by atoms with Gasteiger partial charge in [0.1, 0.15) is 12.4 Å². The van der Waals surface area contributed by atoms with Crippen LogP contribution in [0.3, 0.4) is 0 Å². The van der Waals surface area contributed by atoms with Gasteiger partial charge in [-0.3, -0.25) is 29.1 Å². The zero-order valence-corrected chi connectivity index (χ0v) is 18.8. The van der Waals surface area contributed by atoms with Gasteiger partial charge < -0.3 is 15.7 Å². The van der Waals surface area contributed by atoms with E-state index in [4.69, 9.17) is 0 Å². The number of nitrogens with zero attached hydrogens (tertiary/aromatic N) is 3. The van der Waals surface area contributed by atoms with Gasteiger partial charge in [0.25, 0.3) is 17.2 Å². The molecule has 0 unspecified atom stereocenters. The maximum absolute atomic E-state index is 13.1. The van der Waals surface area contributed by atoms with Crippen molar-refractivity contribution in [1.29, 1.82) is 0 Å². The fourth-order valence-corrected chi connectivity index (χ4v) is 3.27. The number of aromatic nitrogens is 2. The van der Waals surface area contributed by atoms with Gasteiger partial charge in [-0.05, 0) is 37.6 Å². The summed E-state index contributed by atoms with van der Waals surface area (Å²) in [5.74, 6) is -2.47. The fraction of sp³-hybridized carbons (Fsp3) is 0.217. The van der Waals surface area contributed by atoms with Gasteiger partial charge in [0.2, 0.25) is 0 Å². The minimum Gasteiger partial charge on any atom is -0.480 e. The molecular formula is C23H22FN5O6. The lowest BCUT2D eigenvalue weighted by Gasteiger charge is -2.15. The topological polar surface area (TPSA) is 156 Å². The number of nitrogens with one attached hydrogen (secondary N) is 2. The summed E-state index contributed by atoms with van der Waals surface area (Å²) in [5.41, 5.74) is -0.593. The summed E-state index contributed by atoms with van der Waals surface area (Å²) in [6.07, 6.45) is 1.22. The molecule has 3 aromatic rings. The zero-order chi connectivity index (χ0) is 25.7. The number of carbonyl (C=O) groups is 2. The van der Waals surface area contributed by atoms with Crippen LogP contribution in [0.4, 0.5) is 15.9 Å². The van der Waals surface area contributed by atoms with E-state index < -0.39 is 40.4 Å². The van der Waals surface area contributed by atoms with Gasteiger partial charge in [-0.15, -0.1) is 0 Å². The Hall–Kier alpha value is -4.61. The Kier molecular flexibility index (Phi) is 7.54. The standard InChI is InChI=1S/C23H22FN5O6/c1-13(2)27-21-23(33)28(12-20(30)31)19(11-25-21)15-7-16(9-18(8-15)29(34)35)22(32)26-10-14-3-5-17(24)6-4-14/h3-9,11,13H,10,12H2,1-2H3,(H,25,27)(H,26,32)(H,30,31). The first kappa shape index (κ1) is 25.0. The van der Waals surface area contributed by atoms with Crippen LogP contribution in [0.2, 0.25) is 0 Å². The second kappa shape index (κ2) is 10.5. The summed E-state index contributed by atoms with van der Waals surface area (Å²) in [4.78, 5) is 52.0. The Morgan fingerprint density at radius 1 is 1.20 bits per heavy atom. The Labute approximate surface area is 198 Å². The molecule has 0 radical (unpaired) electrons. The Morgan fingerprint density at radius 3 is 2.49 bits per heavy atom. The molecular weight excluding hydrogens is 461 g/mol. The second-order valence-corrected chi connectivity index (χ2v) is 7.91. The first-order valence-corrected chi connectivity index (χ1v) is 10.5. The van der Waals surface area contributed by atoms with Gasteiger partial charge in [0.05, 0.1) is 16.8 Å². The number of nitro benzene ring substituents is 1. The number of carbonyl (C=O) groups excluding carboxylic acids is 1. The van der Waals surface area contributed by atoms with Crippen LogP contribution in [0.1, 0.15) is 29.8 Å². The van der Waals surface area contributed by atoms with Crippen LogP contribution in [-0.2, 0) is 17.9 Å². The van der Waals surface area contributed by atoms with E-state index in [1.807, 2.05) is 0 Å². The van der Waals surface area contributed by atoms with Crippen molar-refractivity contribution in [2.45, 2.75) is 33.0 Å². The number of halogens is 1. The van der Waals surface area contributed by atoms with Crippen molar-refractivity contribution in [2.24, 2.45) is 0 Å². The molecule has 1 aromatic heterocycles. The highest BCUT2D eigenvalue weighted by atomic mass is 19.1. The van der Waals surface area contributed by atoms with E-state index in [1.54, 1.807) is 13.8 Å². The normalized spacial score (nSPS) is 10.7. The number of carboxylic acids is 1. The molecule has 12 heteroatoms. The quantitative estimate of drug-likeness (QED) is 0.310. The molecule has 0 aliphatic rings. The average molecular weight is 483 g/mol. The highest BCUT2D eigenvalue weighted by Crippen LogP contribution is 2.26. The van der Waals surface area contributed by atoms with Crippen molar-refractivity contribution in [3.8, 4) is 11.3 Å². The molecule has 182 valence electrons. The molecule has 0 aliphatic heterocycles. The van der Waals surface area contributed by atoms with E-state index in [2.05, 4.69) is 15.6 Å². The third kappa shape index (κ3) is 6.25. The van der Waals surface area contributed by atoms with E-state index in [0.29, 0.717) is 5.56 Å². The molecule has 0 saturated heterocycles.